The number of phenolic OH excluding ortho intramolecular Hbond substituents is 1. The van der Waals surface area contributed by atoms with Gasteiger partial charge in [-0.3, -0.25) is 0 Å². The molecule has 2 N–H and O–H groups in total. The fourth-order valence-corrected chi connectivity index (χ4v) is 1.84. The van der Waals surface area contributed by atoms with Crippen LogP contribution < -0.4 is 4.74 Å². The van der Waals surface area contributed by atoms with Crippen molar-refractivity contribution < 1.29 is 28.9 Å². The van der Waals surface area contributed by atoms with Crippen molar-refractivity contribution in [1.82, 2.24) is 0 Å². The Kier molecular flexibility index (Phi) is 4.92. The second-order valence-electron chi connectivity index (χ2n) is 3.29. The zero-order valence-electron chi connectivity index (χ0n) is 9.74. The molecular weight excluding hydrogens is 311 g/mol. The predicted octanol–water partition coefficient (Wildman–Crippen LogP) is 1.90. The molecule has 1 atom stereocenters. The maximum Gasteiger partial charge on any atom is 0.339 e. The van der Waals surface area contributed by atoms with Crippen molar-refractivity contribution in [2.24, 2.45) is 0 Å². The van der Waals surface area contributed by atoms with Gasteiger partial charge in [0.1, 0.15) is 5.82 Å². The number of hydrogen-bond acceptors (Lipinski definition) is 5. The first-order valence-electron chi connectivity index (χ1n) is 5.03. The quantitative estimate of drug-likeness (QED) is 0.828. The van der Waals surface area contributed by atoms with Gasteiger partial charge in [-0.2, -0.15) is 0 Å². The summed E-state index contributed by atoms with van der Waals surface area (Å²) in [5.41, 5.74) is -0.470. The van der Waals surface area contributed by atoms with E-state index in [-0.39, 0.29) is 16.8 Å². The monoisotopic (exact) mass is 322 g/mol. The summed E-state index contributed by atoms with van der Waals surface area (Å²) in [6.07, 6.45) is -1.87. The number of aliphatic hydroxyl groups is 1. The van der Waals surface area contributed by atoms with E-state index in [9.17, 15) is 19.4 Å². The average Bonchev–Trinajstić information content (AvgIpc) is 2.32. The first-order chi connectivity index (χ1) is 8.43. The summed E-state index contributed by atoms with van der Waals surface area (Å²) in [7, 11) is 1.18. The first kappa shape index (κ1) is 14.7. The lowest BCUT2D eigenvalue weighted by Crippen LogP contribution is -2.17. The molecule has 18 heavy (non-hydrogen) atoms. The summed E-state index contributed by atoms with van der Waals surface area (Å²) >= 11 is 2.86. The van der Waals surface area contributed by atoms with Gasteiger partial charge in [0.25, 0.3) is 0 Å². The van der Waals surface area contributed by atoms with Gasteiger partial charge in [0.15, 0.2) is 17.6 Å². The summed E-state index contributed by atoms with van der Waals surface area (Å²) in [6.45, 7) is 1.59. The molecule has 0 aliphatic heterocycles. The van der Waals surface area contributed by atoms with Gasteiger partial charge < -0.3 is 19.7 Å². The standard InChI is InChI=1S/C11H12BrFO5/c1-3-18-11(16)9(15)7-8(13)5(12)4-6(14)10(7)17-2/h4,9,14-15H,3H2,1-2H3. The van der Waals surface area contributed by atoms with Crippen molar-refractivity contribution >= 4 is 21.9 Å². The summed E-state index contributed by atoms with van der Waals surface area (Å²) in [6, 6.07) is 1.07. The number of methoxy groups -OCH3 is 1. The van der Waals surface area contributed by atoms with Crippen LogP contribution in [-0.4, -0.2) is 29.9 Å². The van der Waals surface area contributed by atoms with Crippen molar-refractivity contribution in [3.8, 4) is 11.5 Å². The van der Waals surface area contributed by atoms with Gasteiger partial charge >= 0.3 is 5.97 Å². The van der Waals surface area contributed by atoms with Crippen molar-refractivity contribution in [3.05, 3.63) is 21.9 Å². The Morgan fingerprint density at radius 3 is 2.72 bits per heavy atom. The Morgan fingerprint density at radius 1 is 1.61 bits per heavy atom. The van der Waals surface area contributed by atoms with Crippen LogP contribution in [0.3, 0.4) is 0 Å². The highest BCUT2D eigenvalue weighted by Gasteiger charge is 2.29. The van der Waals surface area contributed by atoms with E-state index in [2.05, 4.69) is 20.7 Å². The second kappa shape index (κ2) is 6.01. The lowest BCUT2D eigenvalue weighted by atomic mass is 10.1. The summed E-state index contributed by atoms with van der Waals surface area (Å²) in [4.78, 5) is 11.4. The molecule has 5 nitrogen and oxygen atoms in total. The molecular formula is C11H12BrFO5. The molecule has 0 aliphatic carbocycles. The van der Waals surface area contributed by atoms with Crippen LogP contribution in [0.2, 0.25) is 0 Å². The van der Waals surface area contributed by atoms with E-state index in [1.165, 1.54) is 7.11 Å². The van der Waals surface area contributed by atoms with E-state index in [1.807, 2.05) is 0 Å². The first-order valence-corrected chi connectivity index (χ1v) is 5.82. The van der Waals surface area contributed by atoms with E-state index >= 15 is 0 Å². The molecule has 1 aromatic rings. The van der Waals surface area contributed by atoms with Crippen LogP contribution in [-0.2, 0) is 9.53 Å². The highest BCUT2D eigenvalue weighted by molar-refractivity contribution is 9.10. The van der Waals surface area contributed by atoms with E-state index in [4.69, 9.17) is 4.74 Å². The third kappa shape index (κ3) is 2.73. The molecule has 0 fully saturated rings. The summed E-state index contributed by atoms with van der Waals surface area (Å²) < 4.78 is 23.1. The van der Waals surface area contributed by atoms with Crippen LogP contribution in [0.25, 0.3) is 0 Å². The molecule has 0 saturated carbocycles. The number of rotatable bonds is 4. The van der Waals surface area contributed by atoms with Crippen molar-refractivity contribution in [1.29, 1.82) is 0 Å². The Balaban J connectivity index is 3.33. The van der Waals surface area contributed by atoms with Gasteiger partial charge in [-0.15, -0.1) is 0 Å². The number of hydrogen-bond donors (Lipinski definition) is 2. The second-order valence-corrected chi connectivity index (χ2v) is 4.15. The van der Waals surface area contributed by atoms with Crippen molar-refractivity contribution in [3.63, 3.8) is 0 Å². The Bertz CT molecular complexity index is 463. The number of aromatic hydroxyl groups is 1. The molecule has 1 unspecified atom stereocenters. The number of benzene rings is 1. The molecule has 0 bridgehead atoms. The van der Waals surface area contributed by atoms with Crippen LogP contribution in [0.1, 0.15) is 18.6 Å². The van der Waals surface area contributed by atoms with E-state index in [0.29, 0.717) is 0 Å². The highest BCUT2D eigenvalue weighted by Crippen LogP contribution is 2.40. The van der Waals surface area contributed by atoms with Gasteiger partial charge in [0, 0.05) is 6.07 Å². The zero-order valence-corrected chi connectivity index (χ0v) is 11.3. The van der Waals surface area contributed by atoms with Crippen molar-refractivity contribution in [2.75, 3.05) is 13.7 Å². The predicted molar refractivity (Wildman–Crippen MR) is 63.9 cm³/mol. The maximum atomic E-state index is 13.9. The normalized spacial score (nSPS) is 12.1. The lowest BCUT2D eigenvalue weighted by Gasteiger charge is -2.16. The SMILES string of the molecule is CCOC(=O)C(O)c1c(F)c(Br)cc(O)c1OC. The summed E-state index contributed by atoms with van der Waals surface area (Å²) in [5.74, 6) is -2.63. The number of phenols is 1. The van der Waals surface area contributed by atoms with Gasteiger partial charge in [0.2, 0.25) is 0 Å². The molecule has 7 heteroatoms. The van der Waals surface area contributed by atoms with Gasteiger partial charge in [-0.1, -0.05) is 0 Å². The van der Waals surface area contributed by atoms with Crippen LogP contribution in [0, 0.1) is 5.82 Å². The van der Waals surface area contributed by atoms with E-state index in [0.717, 1.165) is 6.07 Å². The number of aliphatic hydroxyl groups excluding tert-OH is 1. The number of halogens is 2. The minimum absolute atomic E-state index is 0.0415. The number of ether oxygens (including phenoxy) is 2. The molecule has 0 spiro atoms. The van der Waals surface area contributed by atoms with Crippen LogP contribution in [0.4, 0.5) is 4.39 Å². The van der Waals surface area contributed by atoms with Gasteiger partial charge in [-0.25, -0.2) is 9.18 Å². The molecule has 0 aromatic heterocycles. The minimum Gasteiger partial charge on any atom is -0.504 e. The third-order valence-corrected chi connectivity index (χ3v) is 2.75. The molecule has 0 aliphatic rings. The van der Waals surface area contributed by atoms with E-state index in [1.54, 1.807) is 6.92 Å². The molecule has 0 radical (unpaired) electrons. The molecule has 0 saturated heterocycles. The van der Waals surface area contributed by atoms with Crippen LogP contribution >= 0.6 is 15.9 Å². The Hall–Kier alpha value is -1.34. The number of esters is 1. The highest BCUT2D eigenvalue weighted by atomic mass is 79.9. The molecule has 100 valence electrons. The number of carbonyl (C=O) groups excluding carboxylic acids is 1. The van der Waals surface area contributed by atoms with Crippen molar-refractivity contribution in [2.45, 2.75) is 13.0 Å². The molecule has 1 aromatic carbocycles. The topological polar surface area (TPSA) is 76.0 Å². The third-order valence-electron chi connectivity index (χ3n) is 2.17. The molecule has 0 heterocycles. The minimum atomic E-state index is -1.87. The fourth-order valence-electron chi connectivity index (χ4n) is 1.41. The lowest BCUT2D eigenvalue weighted by molar-refractivity contribution is -0.153. The van der Waals surface area contributed by atoms with Gasteiger partial charge in [0.05, 0.1) is 23.8 Å². The van der Waals surface area contributed by atoms with Crippen LogP contribution in [0.15, 0.2) is 10.5 Å². The maximum absolute atomic E-state index is 13.9. The smallest absolute Gasteiger partial charge is 0.339 e. The van der Waals surface area contributed by atoms with E-state index < -0.39 is 29.2 Å². The molecule has 0 amide bonds. The van der Waals surface area contributed by atoms with Crippen LogP contribution in [0.5, 0.6) is 11.5 Å². The zero-order chi connectivity index (χ0) is 13.9. The summed E-state index contributed by atoms with van der Waals surface area (Å²) in [5, 5.41) is 19.3. The average molecular weight is 323 g/mol. The Labute approximate surface area is 111 Å². The Morgan fingerprint density at radius 2 is 2.22 bits per heavy atom. The molecule has 1 rings (SSSR count). The van der Waals surface area contributed by atoms with Gasteiger partial charge in [-0.05, 0) is 22.9 Å². The number of carbonyl (C=O) groups is 1. The largest absolute Gasteiger partial charge is 0.504 e. The fraction of sp³-hybridized carbons (Fsp3) is 0.364.